The number of amides is 2. The molecular formula is C18H23F3N2O. The van der Waals surface area contributed by atoms with E-state index < -0.39 is 11.7 Å². The molecule has 0 aliphatic heterocycles. The Hall–Kier alpha value is -1.72. The van der Waals surface area contributed by atoms with Gasteiger partial charge >= 0.3 is 12.2 Å². The summed E-state index contributed by atoms with van der Waals surface area (Å²) in [5, 5.41) is 5.73. The molecule has 3 aliphatic rings. The summed E-state index contributed by atoms with van der Waals surface area (Å²) in [7, 11) is 0. The van der Waals surface area contributed by atoms with Crippen molar-refractivity contribution in [3.8, 4) is 0 Å². The number of urea groups is 1. The van der Waals surface area contributed by atoms with Crippen LogP contribution < -0.4 is 10.6 Å². The normalized spacial score (nSPS) is 28.6. The highest BCUT2D eigenvalue weighted by Gasteiger charge is 2.57. The number of hydrogen-bond acceptors (Lipinski definition) is 1. The molecule has 0 aromatic heterocycles. The molecule has 2 bridgehead atoms. The minimum absolute atomic E-state index is 0.0862. The van der Waals surface area contributed by atoms with E-state index in [0.29, 0.717) is 23.3 Å². The van der Waals surface area contributed by atoms with Crippen LogP contribution >= 0.6 is 0 Å². The van der Waals surface area contributed by atoms with E-state index in [0.717, 1.165) is 31.4 Å². The van der Waals surface area contributed by atoms with E-state index in [1.54, 1.807) is 6.07 Å². The van der Waals surface area contributed by atoms with Crippen LogP contribution in [-0.4, -0.2) is 11.6 Å². The third-order valence-electron chi connectivity index (χ3n) is 5.48. The quantitative estimate of drug-likeness (QED) is 0.842. The third kappa shape index (κ3) is 3.37. The van der Waals surface area contributed by atoms with Gasteiger partial charge in [0.15, 0.2) is 0 Å². The van der Waals surface area contributed by atoms with E-state index >= 15 is 0 Å². The monoisotopic (exact) mass is 340 g/mol. The first-order valence-corrected chi connectivity index (χ1v) is 8.41. The Morgan fingerprint density at radius 2 is 2.00 bits per heavy atom. The predicted molar refractivity (Wildman–Crippen MR) is 85.2 cm³/mol. The molecule has 0 spiro atoms. The van der Waals surface area contributed by atoms with Gasteiger partial charge in [0.2, 0.25) is 0 Å². The second-order valence-electron chi connectivity index (χ2n) is 7.57. The molecular weight excluding hydrogens is 317 g/mol. The maximum absolute atomic E-state index is 12.7. The van der Waals surface area contributed by atoms with E-state index in [1.807, 2.05) is 0 Å². The molecule has 132 valence electrons. The zero-order valence-electron chi connectivity index (χ0n) is 13.9. The molecule has 6 heteroatoms. The Labute approximate surface area is 140 Å². The standard InChI is InChI=1S/C18H23F3N2O/c1-11(2)15-9-17(7-13(15)8-17)23-16(24)22-10-12-4-3-5-14(6-12)18(19,20)21/h3-6,11,13,15H,7-10H2,1-2H3,(H2,22,23,24)/t13?,15-,17?/m1/s1. The molecule has 3 fully saturated rings. The molecule has 3 saturated carbocycles. The van der Waals surface area contributed by atoms with Crippen molar-refractivity contribution in [2.24, 2.45) is 17.8 Å². The van der Waals surface area contributed by atoms with Crippen LogP contribution in [0, 0.1) is 17.8 Å². The number of alkyl halides is 3. The molecule has 4 rings (SSSR count). The van der Waals surface area contributed by atoms with Gasteiger partial charge in [0, 0.05) is 12.1 Å². The van der Waals surface area contributed by atoms with Crippen LogP contribution in [0.1, 0.15) is 44.2 Å². The molecule has 1 aromatic rings. The first kappa shape index (κ1) is 17.1. The van der Waals surface area contributed by atoms with E-state index in [9.17, 15) is 18.0 Å². The molecule has 1 aromatic carbocycles. The average molecular weight is 340 g/mol. The van der Waals surface area contributed by atoms with Crippen molar-refractivity contribution in [3.05, 3.63) is 35.4 Å². The van der Waals surface area contributed by atoms with Gasteiger partial charge in [-0.25, -0.2) is 4.79 Å². The van der Waals surface area contributed by atoms with Gasteiger partial charge < -0.3 is 10.6 Å². The Morgan fingerprint density at radius 1 is 1.29 bits per heavy atom. The van der Waals surface area contributed by atoms with Gasteiger partial charge in [0.1, 0.15) is 0 Å². The van der Waals surface area contributed by atoms with Crippen molar-refractivity contribution in [3.63, 3.8) is 0 Å². The second kappa shape index (κ2) is 5.97. The molecule has 2 amide bonds. The second-order valence-corrected chi connectivity index (χ2v) is 7.57. The number of carbonyl (C=O) groups excluding carboxylic acids is 1. The molecule has 0 saturated heterocycles. The molecule has 2 N–H and O–H groups in total. The van der Waals surface area contributed by atoms with Gasteiger partial charge in [-0.1, -0.05) is 26.0 Å². The fraction of sp³-hybridized carbons (Fsp3) is 0.611. The van der Waals surface area contributed by atoms with Crippen molar-refractivity contribution < 1.29 is 18.0 Å². The van der Waals surface area contributed by atoms with Crippen LogP contribution in [0.5, 0.6) is 0 Å². The summed E-state index contributed by atoms with van der Waals surface area (Å²) in [6.07, 6.45) is -1.32. The van der Waals surface area contributed by atoms with E-state index in [4.69, 9.17) is 0 Å². The number of carbonyl (C=O) groups is 1. The van der Waals surface area contributed by atoms with Gasteiger partial charge in [0.25, 0.3) is 0 Å². The Bertz CT molecular complexity index is 621. The smallest absolute Gasteiger partial charge is 0.334 e. The summed E-state index contributed by atoms with van der Waals surface area (Å²) in [5.41, 5.74) is -0.356. The van der Waals surface area contributed by atoms with E-state index in [2.05, 4.69) is 24.5 Å². The number of benzene rings is 1. The summed E-state index contributed by atoms with van der Waals surface area (Å²) >= 11 is 0. The van der Waals surface area contributed by atoms with Crippen molar-refractivity contribution in [2.75, 3.05) is 0 Å². The van der Waals surface area contributed by atoms with Crippen LogP contribution in [0.3, 0.4) is 0 Å². The van der Waals surface area contributed by atoms with E-state index in [-0.39, 0.29) is 18.1 Å². The van der Waals surface area contributed by atoms with Crippen molar-refractivity contribution in [1.29, 1.82) is 0 Å². The molecule has 0 heterocycles. The van der Waals surface area contributed by atoms with Gasteiger partial charge in [-0.3, -0.25) is 0 Å². The predicted octanol–water partition coefficient (Wildman–Crippen LogP) is 4.33. The highest BCUT2D eigenvalue weighted by molar-refractivity contribution is 5.75. The maximum Gasteiger partial charge on any atom is 0.416 e. The Balaban J connectivity index is 1.52. The van der Waals surface area contributed by atoms with Crippen LogP contribution in [0.4, 0.5) is 18.0 Å². The average Bonchev–Trinajstić information content (AvgIpc) is 3.00. The van der Waals surface area contributed by atoms with E-state index in [1.165, 1.54) is 6.07 Å². The number of halogens is 3. The Morgan fingerprint density at radius 3 is 2.58 bits per heavy atom. The molecule has 0 radical (unpaired) electrons. The van der Waals surface area contributed by atoms with Crippen molar-refractivity contribution in [2.45, 2.75) is 51.4 Å². The summed E-state index contributed by atoms with van der Waals surface area (Å²) in [5.74, 6) is 1.98. The fourth-order valence-corrected chi connectivity index (χ4v) is 4.29. The zero-order valence-corrected chi connectivity index (χ0v) is 13.9. The molecule has 1 atom stereocenters. The lowest BCUT2D eigenvalue weighted by Gasteiger charge is -2.39. The van der Waals surface area contributed by atoms with Gasteiger partial charge in [-0.05, 0) is 54.7 Å². The summed E-state index contributed by atoms with van der Waals surface area (Å²) < 4.78 is 38.1. The summed E-state index contributed by atoms with van der Waals surface area (Å²) in [6.45, 7) is 4.52. The van der Waals surface area contributed by atoms with Crippen LogP contribution in [0.15, 0.2) is 24.3 Å². The minimum Gasteiger partial charge on any atom is -0.334 e. The minimum atomic E-state index is -4.37. The lowest BCUT2D eigenvalue weighted by Crippen LogP contribution is -2.54. The lowest BCUT2D eigenvalue weighted by atomic mass is 9.75. The van der Waals surface area contributed by atoms with Gasteiger partial charge in [0.05, 0.1) is 5.56 Å². The van der Waals surface area contributed by atoms with Gasteiger partial charge in [-0.2, -0.15) is 13.2 Å². The first-order chi connectivity index (χ1) is 11.2. The number of fused-ring (bicyclic) bond motifs is 1. The zero-order chi connectivity index (χ0) is 17.5. The maximum atomic E-state index is 12.7. The summed E-state index contributed by atoms with van der Waals surface area (Å²) in [6, 6.07) is 4.74. The van der Waals surface area contributed by atoms with Crippen LogP contribution in [-0.2, 0) is 12.7 Å². The SMILES string of the molecule is CC(C)[C@H]1CC2(NC(=O)NCc3cccc(C(F)(F)F)c3)CC1C2. The molecule has 0 unspecified atom stereocenters. The molecule has 3 nitrogen and oxygen atoms in total. The van der Waals surface area contributed by atoms with Gasteiger partial charge in [-0.15, -0.1) is 0 Å². The highest BCUT2D eigenvalue weighted by Crippen LogP contribution is 2.57. The highest BCUT2D eigenvalue weighted by atomic mass is 19.4. The van der Waals surface area contributed by atoms with Crippen LogP contribution in [0.25, 0.3) is 0 Å². The molecule has 24 heavy (non-hydrogen) atoms. The first-order valence-electron chi connectivity index (χ1n) is 8.41. The third-order valence-corrected chi connectivity index (χ3v) is 5.48. The fourth-order valence-electron chi connectivity index (χ4n) is 4.29. The lowest BCUT2D eigenvalue weighted by molar-refractivity contribution is -0.137. The number of nitrogens with one attached hydrogen (secondary N) is 2. The number of hydrogen-bond donors (Lipinski definition) is 2. The van der Waals surface area contributed by atoms with Crippen LogP contribution in [0.2, 0.25) is 0 Å². The topological polar surface area (TPSA) is 41.1 Å². The summed E-state index contributed by atoms with van der Waals surface area (Å²) in [4.78, 5) is 12.1. The van der Waals surface area contributed by atoms with Crippen molar-refractivity contribution >= 4 is 6.03 Å². The van der Waals surface area contributed by atoms with Crippen molar-refractivity contribution in [1.82, 2.24) is 10.6 Å². The Kier molecular flexibility index (Phi) is 4.26. The molecule has 3 aliphatic carbocycles. The number of rotatable bonds is 4. The largest absolute Gasteiger partial charge is 0.416 e.